The van der Waals surface area contributed by atoms with E-state index >= 15 is 0 Å². The Balaban J connectivity index is 3.04. The van der Waals surface area contributed by atoms with Gasteiger partial charge in [0.25, 0.3) is 0 Å². The first kappa shape index (κ1) is 15.1. The minimum atomic E-state index is -1.83. The Labute approximate surface area is 108 Å². The molecule has 1 aliphatic heterocycles. The Bertz CT molecular complexity index is 266. The van der Waals surface area contributed by atoms with Crippen molar-refractivity contribution in [3.05, 3.63) is 0 Å². The van der Waals surface area contributed by atoms with E-state index in [9.17, 15) is 8.76 Å². The van der Waals surface area contributed by atoms with Gasteiger partial charge in [0.1, 0.15) is 0 Å². The number of hydrogen-bond acceptors (Lipinski definition) is 1. The summed E-state index contributed by atoms with van der Waals surface area (Å²) in [5.74, 6) is 0.499. The molecule has 17 heavy (non-hydrogen) atoms. The first-order valence-corrected chi connectivity index (χ1v) is 7.90. The third-order valence-corrected chi connectivity index (χ3v) is 5.48. The Kier molecular flexibility index (Phi) is 5.61. The lowest BCUT2D eigenvalue weighted by Gasteiger charge is -2.43. The highest BCUT2D eigenvalue weighted by Crippen LogP contribution is 2.40. The molecule has 1 N–H and O–H groups in total. The molecule has 3 nitrogen and oxygen atoms in total. The molecule has 0 aromatic carbocycles. The molecule has 0 radical (unpaired) electrons. The topological polar surface area (TPSA) is 40.5 Å². The van der Waals surface area contributed by atoms with Crippen LogP contribution in [0.3, 0.4) is 0 Å². The maximum absolute atomic E-state index is 11.6. The molecule has 3 atom stereocenters. The molecule has 0 saturated carbocycles. The Morgan fingerprint density at radius 1 is 1.35 bits per heavy atom. The second-order valence-corrected chi connectivity index (χ2v) is 6.58. The number of hydrogen-bond donors (Lipinski definition) is 1. The molecule has 0 aromatic heterocycles. The van der Waals surface area contributed by atoms with Gasteiger partial charge in [-0.25, -0.2) is 4.21 Å². The maximum Gasteiger partial charge on any atom is 0.234 e. The van der Waals surface area contributed by atoms with Crippen molar-refractivity contribution in [3.8, 4) is 0 Å². The fraction of sp³-hybridized carbons (Fsp3) is 1.00. The molecule has 1 aliphatic rings. The minimum absolute atomic E-state index is 0.141. The molecule has 0 amide bonds. The quantitative estimate of drug-likeness (QED) is 0.788. The highest BCUT2D eigenvalue weighted by Gasteiger charge is 2.41. The molecular weight excluding hydrogens is 234 g/mol. The monoisotopic (exact) mass is 261 g/mol. The highest BCUT2D eigenvalue weighted by molar-refractivity contribution is 7.76. The average molecular weight is 261 g/mol. The zero-order valence-electron chi connectivity index (χ0n) is 11.6. The predicted octanol–water partition coefficient (Wildman–Crippen LogP) is 3.44. The molecule has 1 fully saturated rings. The van der Waals surface area contributed by atoms with Crippen LogP contribution in [-0.2, 0) is 11.3 Å². The van der Waals surface area contributed by atoms with Crippen LogP contribution in [0.15, 0.2) is 0 Å². The summed E-state index contributed by atoms with van der Waals surface area (Å²) in [4.78, 5) is 0. The highest BCUT2D eigenvalue weighted by atomic mass is 32.2. The summed E-state index contributed by atoms with van der Waals surface area (Å²) < 4.78 is 22.9. The van der Waals surface area contributed by atoms with Gasteiger partial charge in [0.05, 0.1) is 0 Å². The van der Waals surface area contributed by atoms with E-state index < -0.39 is 11.3 Å². The van der Waals surface area contributed by atoms with E-state index in [0.29, 0.717) is 5.92 Å². The zero-order valence-corrected chi connectivity index (χ0v) is 12.4. The number of rotatable bonds is 4. The lowest BCUT2D eigenvalue weighted by molar-refractivity contribution is 0.0902. The smallest absolute Gasteiger partial charge is 0.234 e. The lowest BCUT2D eigenvalue weighted by atomic mass is 9.72. The van der Waals surface area contributed by atoms with Gasteiger partial charge < -0.3 is 0 Å². The number of nitrogens with zero attached hydrogens (tertiary/aromatic N) is 1. The van der Waals surface area contributed by atoms with Crippen molar-refractivity contribution < 1.29 is 8.76 Å². The van der Waals surface area contributed by atoms with Crippen molar-refractivity contribution in [2.45, 2.75) is 65.8 Å². The average Bonchev–Trinajstić information content (AvgIpc) is 2.50. The van der Waals surface area contributed by atoms with Gasteiger partial charge in [-0.1, -0.05) is 34.1 Å². The summed E-state index contributed by atoms with van der Waals surface area (Å²) in [5, 5.41) is 0. The van der Waals surface area contributed by atoms with E-state index in [2.05, 4.69) is 27.7 Å². The molecule has 3 unspecified atom stereocenters. The van der Waals surface area contributed by atoms with E-state index in [0.717, 1.165) is 25.8 Å². The molecule has 1 saturated heterocycles. The van der Waals surface area contributed by atoms with E-state index in [1.165, 1.54) is 12.8 Å². The van der Waals surface area contributed by atoms with Crippen molar-refractivity contribution in [2.75, 3.05) is 6.54 Å². The molecule has 1 rings (SSSR count). The fourth-order valence-corrected chi connectivity index (χ4v) is 4.13. The Hall–Kier alpha value is 0.0700. The van der Waals surface area contributed by atoms with Gasteiger partial charge in [-0.3, -0.25) is 4.55 Å². The van der Waals surface area contributed by atoms with Gasteiger partial charge in [-0.2, -0.15) is 4.31 Å². The molecular formula is C13H27NO2S. The summed E-state index contributed by atoms with van der Waals surface area (Å²) in [6.45, 7) is 9.64. The standard InChI is InChI=1S/C13H27NO2S/c1-5-13(4,6-2)12-11(3)9-7-8-10-14(12)17(15)16/h11-12H,5-10H2,1-4H3,(H,15,16). The van der Waals surface area contributed by atoms with E-state index in [1.54, 1.807) is 0 Å². The molecule has 0 aliphatic carbocycles. The van der Waals surface area contributed by atoms with Crippen molar-refractivity contribution in [3.63, 3.8) is 0 Å². The van der Waals surface area contributed by atoms with Crippen LogP contribution in [0, 0.1) is 11.3 Å². The van der Waals surface area contributed by atoms with E-state index in [1.807, 2.05) is 4.31 Å². The second-order valence-electron chi connectivity index (χ2n) is 5.65. The van der Waals surface area contributed by atoms with Crippen LogP contribution in [0.2, 0.25) is 0 Å². The first-order chi connectivity index (χ1) is 7.96. The van der Waals surface area contributed by atoms with E-state index in [4.69, 9.17) is 0 Å². The third kappa shape index (κ3) is 3.30. The lowest BCUT2D eigenvalue weighted by Crippen LogP contribution is -2.50. The first-order valence-electron chi connectivity index (χ1n) is 6.84. The summed E-state index contributed by atoms with van der Waals surface area (Å²) >= 11 is -1.83. The summed E-state index contributed by atoms with van der Waals surface area (Å²) in [7, 11) is 0. The Morgan fingerprint density at radius 3 is 2.41 bits per heavy atom. The van der Waals surface area contributed by atoms with Gasteiger partial charge >= 0.3 is 0 Å². The molecule has 102 valence electrons. The van der Waals surface area contributed by atoms with Crippen molar-refractivity contribution in [1.29, 1.82) is 0 Å². The largest absolute Gasteiger partial charge is 0.294 e. The third-order valence-electron chi connectivity index (χ3n) is 4.67. The van der Waals surface area contributed by atoms with Gasteiger partial charge in [-0.05, 0) is 37.0 Å². The molecule has 0 bridgehead atoms. The normalized spacial score (nSPS) is 29.9. The second kappa shape index (κ2) is 6.30. The summed E-state index contributed by atoms with van der Waals surface area (Å²) in [5.41, 5.74) is 0.141. The molecule has 0 aromatic rings. The van der Waals surface area contributed by atoms with Gasteiger partial charge in [-0.15, -0.1) is 0 Å². The van der Waals surface area contributed by atoms with Gasteiger partial charge in [0, 0.05) is 12.6 Å². The summed E-state index contributed by atoms with van der Waals surface area (Å²) in [6, 6.07) is 0.228. The van der Waals surface area contributed by atoms with Crippen molar-refractivity contribution in [1.82, 2.24) is 4.31 Å². The van der Waals surface area contributed by atoms with Crippen LogP contribution in [0.5, 0.6) is 0 Å². The van der Waals surface area contributed by atoms with Gasteiger partial charge in [0.15, 0.2) is 0 Å². The molecule has 4 heteroatoms. The van der Waals surface area contributed by atoms with Crippen LogP contribution in [0.25, 0.3) is 0 Å². The Morgan fingerprint density at radius 2 is 1.94 bits per heavy atom. The van der Waals surface area contributed by atoms with Crippen LogP contribution >= 0.6 is 0 Å². The minimum Gasteiger partial charge on any atom is -0.294 e. The van der Waals surface area contributed by atoms with Crippen LogP contribution < -0.4 is 0 Å². The van der Waals surface area contributed by atoms with Crippen LogP contribution in [0.4, 0.5) is 0 Å². The van der Waals surface area contributed by atoms with Crippen molar-refractivity contribution >= 4 is 11.3 Å². The predicted molar refractivity (Wildman–Crippen MR) is 73.0 cm³/mol. The SMILES string of the molecule is CCC(C)(CC)C1C(C)CCCCN1S(=O)O. The zero-order chi connectivity index (χ0) is 13.1. The molecule has 0 spiro atoms. The van der Waals surface area contributed by atoms with Crippen LogP contribution in [-0.4, -0.2) is 25.7 Å². The summed E-state index contributed by atoms with van der Waals surface area (Å²) in [6.07, 6.45) is 5.51. The van der Waals surface area contributed by atoms with Gasteiger partial charge in [0.2, 0.25) is 11.3 Å². The van der Waals surface area contributed by atoms with Crippen molar-refractivity contribution in [2.24, 2.45) is 11.3 Å². The fourth-order valence-electron chi connectivity index (χ4n) is 3.19. The molecule has 1 heterocycles. The maximum atomic E-state index is 11.6. The van der Waals surface area contributed by atoms with Crippen LogP contribution in [0.1, 0.15) is 59.8 Å². The van der Waals surface area contributed by atoms with E-state index in [-0.39, 0.29) is 11.5 Å².